The minimum absolute atomic E-state index is 0.480. The molecule has 0 bridgehead atoms. The van der Waals surface area contributed by atoms with Gasteiger partial charge >= 0.3 is 0 Å². The summed E-state index contributed by atoms with van der Waals surface area (Å²) in [4.78, 5) is 8.84. The topological polar surface area (TPSA) is 25.8 Å². The van der Waals surface area contributed by atoms with Crippen molar-refractivity contribution < 1.29 is 0 Å². The van der Waals surface area contributed by atoms with Crippen LogP contribution in [0.4, 0.5) is 0 Å². The standard InChI is InChI=1S/C11H15ClN2/c1-3-7(2)9-6-10(12)14-11(13-9)8-4-5-8/h6-8H,3-5H2,1-2H3/t7-/m0/s1. The molecule has 1 aliphatic carbocycles. The number of hydrogen-bond acceptors (Lipinski definition) is 2. The predicted octanol–water partition coefficient (Wildman–Crippen LogP) is 3.52. The Balaban J connectivity index is 2.30. The highest BCUT2D eigenvalue weighted by atomic mass is 35.5. The summed E-state index contributed by atoms with van der Waals surface area (Å²) >= 11 is 5.97. The van der Waals surface area contributed by atoms with E-state index in [1.165, 1.54) is 12.8 Å². The van der Waals surface area contributed by atoms with Gasteiger partial charge < -0.3 is 0 Å². The summed E-state index contributed by atoms with van der Waals surface area (Å²) in [6.45, 7) is 4.34. The Bertz CT molecular complexity index is 334. The van der Waals surface area contributed by atoms with Crippen molar-refractivity contribution in [1.29, 1.82) is 0 Å². The zero-order chi connectivity index (χ0) is 10.1. The molecule has 76 valence electrons. The molecule has 1 aromatic heterocycles. The van der Waals surface area contributed by atoms with Crippen molar-refractivity contribution in [2.45, 2.75) is 44.9 Å². The van der Waals surface area contributed by atoms with Gasteiger partial charge in [-0.2, -0.15) is 0 Å². The van der Waals surface area contributed by atoms with Crippen LogP contribution >= 0.6 is 11.6 Å². The van der Waals surface area contributed by atoms with Crippen LogP contribution in [-0.4, -0.2) is 9.97 Å². The smallest absolute Gasteiger partial charge is 0.133 e. The molecule has 0 amide bonds. The van der Waals surface area contributed by atoms with Gasteiger partial charge in [-0.1, -0.05) is 25.4 Å². The molecule has 0 N–H and O–H groups in total. The summed E-state index contributed by atoms with van der Waals surface area (Å²) in [5, 5.41) is 0.595. The third-order valence-electron chi connectivity index (χ3n) is 2.79. The van der Waals surface area contributed by atoms with Crippen LogP contribution in [0.25, 0.3) is 0 Å². The summed E-state index contributed by atoms with van der Waals surface area (Å²) in [6, 6.07) is 1.89. The molecule has 1 atom stereocenters. The molecule has 0 unspecified atom stereocenters. The predicted molar refractivity (Wildman–Crippen MR) is 57.7 cm³/mol. The Morgan fingerprint density at radius 1 is 1.50 bits per heavy atom. The Kier molecular flexibility index (Phi) is 2.73. The van der Waals surface area contributed by atoms with E-state index in [-0.39, 0.29) is 0 Å². The van der Waals surface area contributed by atoms with Gasteiger partial charge in [-0.25, -0.2) is 9.97 Å². The van der Waals surface area contributed by atoms with Crippen molar-refractivity contribution >= 4 is 11.6 Å². The van der Waals surface area contributed by atoms with Crippen LogP contribution in [-0.2, 0) is 0 Å². The van der Waals surface area contributed by atoms with Gasteiger partial charge in [0.05, 0.1) is 0 Å². The average Bonchev–Trinajstić information content (AvgIpc) is 2.98. The molecule has 1 fully saturated rings. The van der Waals surface area contributed by atoms with E-state index in [0.29, 0.717) is 17.0 Å². The molecular formula is C11H15ClN2. The van der Waals surface area contributed by atoms with Gasteiger partial charge in [0.25, 0.3) is 0 Å². The Hall–Kier alpha value is -0.630. The largest absolute Gasteiger partial charge is 0.237 e. The van der Waals surface area contributed by atoms with Crippen LogP contribution in [0.5, 0.6) is 0 Å². The second-order valence-corrected chi connectivity index (χ2v) is 4.44. The summed E-state index contributed by atoms with van der Waals surface area (Å²) in [7, 11) is 0. The molecular weight excluding hydrogens is 196 g/mol. The van der Waals surface area contributed by atoms with Crippen molar-refractivity contribution in [3.63, 3.8) is 0 Å². The zero-order valence-corrected chi connectivity index (χ0v) is 9.38. The van der Waals surface area contributed by atoms with Crippen molar-refractivity contribution in [3.05, 3.63) is 22.7 Å². The van der Waals surface area contributed by atoms with Gasteiger partial charge in [-0.3, -0.25) is 0 Å². The molecule has 2 nitrogen and oxygen atoms in total. The summed E-state index contributed by atoms with van der Waals surface area (Å²) in [6.07, 6.45) is 3.54. The van der Waals surface area contributed by atoms with Gasteiger partial charge in [-0.15, -0.1) is 0 Å². The van der Waals surface area contributed by atoms with E-state index in [2.05, 4.69) is 23.8 Å². The highest BCUT2D eigenvalue weighted by molar-refractivity contribution is 6.29. The van der Waals surface area contributed by atoms with Crippen molar-refractivity contribution in [2.24, 2.45) is 0 Å². The first-order valence-corrected chi connectivity index (χ1v) is 5.63. The highest BCUT2D eigenvalue weighted by Crippen LogP contribution is 2.38. The molecule has 1 heterocycles. The van der Waals surface area contributed by atoms with E-state index in [0.717, 1.165) is 17.9 Å². The third kappa shape index (κ3) is 2.06. The molecule has 0 spiro atoms. The summed E-state index contributed by atoms with van der Waals surface area (Å²) in [5.41, 5.74) is 1.09. The molecule has 0 aliphatic heterocycles. The van der Waals surface area contributed by atoms with Gasteiger partial charge in [0.1, 0.15) is 11.0 Å². The monoisotopic (exact) mass is 210 g/mol. The minimum Gasteiger partial charge on any atom is -0.237 e. The maximum absolute atomic E-state index is 5.97. The molecule has 2 rings (SSSR count). The fraction of sp³-hybridized carbons (Fsp3) is 0.636. The normalized spacial score (nSPS) is 18.2. The lowest BCUT2D eigenvalue weighted by molar-refractivity contribution is 0.693. The second kappa shape index (κ2) is 3.85. The molecule has 0 saturated heterocycles. The lowest BCUT2D eigenvalue weighted by atomic mass is 10.1. The van der Waals surface area contributed by atoms with Crippen molar-refractivity contribution in [3.8, 4) is 0 Å². The van der Waals surface area contributed by atoms with Gasteiger partial charge in [0.2, 0.25) is 0 Å². The van der Waals surface area contributed by atoms with Crippen LogP contribution in [0.3, 0.4) is 0 Å². The average molecular weight is 211 g/mol. The number of hydrogen-bond donors (Lipinski definition) is 0. The number of aromatic nitrogens is 2. The van der Waals surface area contributed by atoms with Crippen LogP contribution in [0.15, 0.2) is 6.07 Å². The van der Waals surface area contributed by atoms with Gasteiger partial charge in [0.15, 0.2) is 0 Å². The molecule has 3 heteroatoms. The highest BCUT2D eigenvalue weighted by Gasteiger charge is 2.27. The molecule has 14 heavy (non-hydrogen) atoms. The van der Waals surface area contributed by atoms with E-state index < -0.39 is 0 Å². The zero-order valence-electron chi connectivity index (χ0n) is 8.63. The maximum Gasteiger partial charge on any atom is 0.133 e. The maximum atomic E-state index is 5.97. The summed E-state index contributed by atoms with van der Waals surface area (Å²) < 4.78 is 0. The second-order valence-electron chi connectivity index (χ2n) is 4.06. The Labute approximate surface area is 89.7 Å². The van der Waals surface area contributed by atoms with Crippen LogP contribution in [0, 0.1) is 0 Å². The van der Waals surface area contributed by atoms with Crippen LogP contribution in [0.2, 0.25) is 5.15 Å². The van der Waals surface area contributed by atoms with Crippen molar-refractivity contribution in [1.82, 2.24) is 9.97 Å². The first-order chi connectivity index (χ1) is 6.70. The van der Waals surface area contributed by atoms with E-state index in [9.17, 15) is 0 Å². The van der Waals surface area contributed by atoms with E-state index in [1.54, 1.807) is 0 Å². The molecule has 1 aromatic rings. The lowest BCUT2D eigenvalue weighted by Gasteiger charge is -2.09. The number of halogens is 1. The Morgan fingerprint density at radius 2 is 2.21 bits per heavy atom. The number of rotatable bonds is 3. The molecule has 1 aliphatic rings. The summed E-state index contributed by atoms with van der Waals surface area (Å²) in [5.74, 6) is 2.01. The van der Waals surface area contributed by atoms with Gasteiger partial charge in [0, 0.05) is 11.6 Å². The molecule has 1 saturated carbocycles. The first-order valence-electron chi connectivity index (χ1n) is 5.25. The molecule has 0 radical (unpaired) electrons. The first kappa shape index (κ1) is 9.91. The van der Waals surface area contributed by atoms with Crippen molar-refractivity contribution in [2.75, 3.05) is 0 Å². The fourth-order valence-electron chi connectivity index (χ4n) is 1.44. The fourth-order valence-corrected chi connectivity index (χ4v) is 1.64. The minimum atomic E-state index is 0.480. The van der Waals surface area contributed by atoms with E-state index >= 15 is 0 Å². The van der Waals surface area contributed by atoms with E-state index in [1.807, 2.05) is 6.07 Å². The quantitative estimate of drug-likeness (QED) is 0.714. The van der Waals surface area contributed by atoms with E-state index in [4.69, 9.17) is 11.6 Å². The third-order valence-corrected chi connectivity index (χ3v) is 2.99. The lowest BCUT2D eigenvalue weighted by Crippen LogP contribution is -2.01. The van der Waals surface area contributed by atoms with Crippen LogP contribution in [0.1, 0.15) is 56.5 Å². The SMILES string of the molecule is CC[C@H](C)c1cc(Cl)nc(C2CC2)n1. The molecule has 0 aromatic carbocycles. The number of nitrogens with zero attached hydrogens (tertiary/aromatic N) is 2. The van der Waals surface area contributed by atoms with Gasteiger partial charge in [-0.05, 0) is 31.2 Å². The van der Waals surface area contributed by atoms with Crippen LogP contribution < -0.4 is 0 Å². The Morgan fingerprint density at radius 3 is 2.79 bits per heavy atom.